The molecule has 2 N–H and O–H groups in total. The van der Waals surface area contributed by atoms with Crippen LogP contribution in [0.4, 0.5) is 11.4 Å². The number of carbonyl (C=O) groups is 2. The molecule has 2 aromatic carbocycles. The Bertz CT molecular complexity index is 787. The Morgan fingerprint density at radius 3 is 2.64 bits per heavy atom. The maximum absolute atomic E-state index is 12.1. The normalized spacial score (nSPS) is 12.8. The fourth-order valence-electron chi connectivity index (χ4n) is 3.02. The average molecular weight is 340 g/mol. The van der Waals surface area contributed by atoms with Gasteiger partial charge in [0.2, 0.25) is 0 Å². The van der Waals surface area contributed by atoms with Gasteiger partial charge in [-0.1, -0.05) is 18.2 Å². The van der Waals surface area contributed by atoms with Gasteiger partial charge in [0.1, 0.15) is 6.61 Å². The molecule has 1 aliphatic heterocycles. The van der Waals surface area contributed by atoms with Gasteiger partial charge in [0.25, 0.3) is 5.91 Å². The highest BCUT2D eigenvalue weighted by molar-refractivity contribution is 5.97. The number of carbonyl (C=O) groups excluding carboxylic acids is 1. The number of benzene rings is 2. The van der Waals surface area contributed by atoms with E-state index in [1.165, 1.54) is 7.11 Å². The molecule has 6 heteroatoms. The number of anilines is 2. The number of nitrogens with one attached hydrogen (secondary N) is 1. The van der Waals surface area contributed by atoms with Gasteiger partial charge in [-0.15, -0.1) is 0 Å². The molecular formula is C19H20N2O4. The molecule has 6 nitrogen and oxygen atoms in total. The van der Waals surface area contributed by atoms with Crippen molar-refractivity contribution in [1.82, 2.24) is 0 Å². The van der Waals surface area contributed by atoms with Crippen LogP contribution in [-0.2, 0) is 22.5 Å². The summed E-state index contributed by atoms with van der Waals surface area (Å²) in [6, 6.07) is 12.7. The van der Waals surface area contributed by atoms with E-state index in [1.807, 2.05) is 18.2 Å². The average Bonchev–Trinajstić information content (AvgIpc) is 3.05. The lowest BCUT2D eigenvalue weighted by molar-refractivity contribution is -0.122. The van der Waals surface area contributed by atoms with Gasteiger partial charge < -0.3 is 20.1 Å². The van der Waals surface area contributed by atoms with Crippen LogP contribution in [0.2, 0.25) is 0 Å². The zero-order valence-corrected chi connectivity index (χ0v) is 14.0. The Kier molecular flexibility index (Phi) is 5.00. The van der Waals surface area contributed by atoms with Gasteiger partial charge in [-0.05, 0) is 36.2 Å². The Labute approximate surface area is 146 Å². The molecule has 0 unspecified atom stereocenters. The molecule has 0 aromatic heterocycles. The van der Waals surface area contributed by atoms with Crippen molar-refractivity contribution < 1.29 is 19.4 Å². The van der Waals surface area contributed by atoms with Gasteiger partial charge in [-0.25, -0.2) is 4.79 Å². The highest BCUT2D eigenvalue weighted by atomic mass is 16.5. The van der Waals surface area contributed by atoms with E-state index in [0.717, 1.165) is 28.9 Å². The number of methoxy groups -OCH3 is 1. The maximum atomic E-state index is 12.1. The summed E-state index contributed by atoms with van der Waals surface area (Å²) in [7, 11) is 1.52. The zero-order chi connectivity index (χ0) is 17.8. The third kappa shape index (κ3) is 3.64. The van der Waals surface area contributed by atoms with E-state index in [-0.39, 0.29) is 18.1 Å². The molecule has 0 saturated heterocycles. The molecule has 2 aromatic rings. The molecular weight excluding hydrogens is 320 g/mol. The number of rotatable bonds is 6. The molecule has 0 fully saturated rings. The van der Waals surface area contributed by atoms with Gasteiger partial charge in [0.05, 0.1) is 5.56 Å². The van der Waals surface area contributed by atoms with Crippen molar-refractivity contribution in [3.8, 4) is 0 Å². The minimum atomic E-state index is -0.929. The number of aromatic carboxylic acids is 1. The van der Waals surface area contributed by atoms with Crippen LogP contribution in [0.25, 0.3) is 0 Å². The summed E-state index contributed by atoms with van der Waals surface area (Å²) in [5.74, 6) is -0.969. The van der Waals surface area contributed by atoms with Crippen molar-refractivity contribution in [2.45, 2.75) is 13.0 Å². The molecule has 0 saturated carbocycles. The van der Waals surface area contributed by atoms with Crippen LogP contribution in [0.5, 0.6) is 0 Å². The van der Waals surface area contributed by atoms with E-state index < -0.39 is 5.97 Å². The molecule has 0 bridgehead atoms. The summed E-state index contributed by atoms with van der Waals surface area (Å²) in [5.41, 5.74) is 4.31. The third-order valence-electron chi connectivity index (χ3n) is 4.28. The van der Waals surface area contributed by atoms with E-state index in [9.17, 15) is 9.59 Å². The maximum Gasteiger partial charge on any atom is 0.335 e. The van der Waals surface area contributed by atoms with Crippen LogP contribution in [0.3, 0.4) is 0 Å². The molecule has 0 atom stereocenters. The number of hydrogen-bond acceptors (Lipinski definition) is 4. The standard InChI is InChI=1S/C19H20N2O4/c1-25-12-18(22)21-10-9-15-16(3-2-4-17(15)21)20-11-13-5-7-14(8-6-13)19(23)24/h2-8,20H,9-12H2,1H3,(H,23,24). The molecule has 25 heavy (non-hydrogen) atoms. The monoisotopic (exact) mass is 340 g/mol. The van der Waals surface area contributed by atoms with Gasteiger partial charge in [-0.2, -0.15) is 0 Å². The zero-order valence-electron chi connectivity index (χ0n) is 14.0. The summed E-state index contributed by atoms with van der Waals surface area (Å²) in [5, 5.41) is 12.3. The van der Waals surface area contributed by atoms with Gasteiger partial charge in [0.15, 0.2) is 0 Å². The van der Waals surface area contributed by atoms with Crippen molar-refractivity contribution in [3.63, 3.8) is 0 Å². The fourth-order valence-corrected chi connectivity index (χ4v) is 3.02. The van der Waals surface area contributed by atoms with E-state index in [2.05, 4.69) is 5.32 Å². The topological polar surface area (TPSA) is 78.9 Å². The number of carboxylic acid groups (broad SMARTS) is 1. The molecule has 0 spiro atoms. The van der Waals surface area contributed by atoms with E-state index in [4.69, 9.17) is 9.84 Å². The van der Waals surface area contributed by atoms with Crippen molar-refractivity contribution >= 4 is 23.3 Å². The molecule has 0 radical (unpaired) electrons. The SMILES string of the molecule is COCC(=O)N1CCc2c(NCc3ccc(C(=O)O)cc3)cccc21. The first kappa shape index (κ1) is 17.0. The predicted octanol–water partition coefficient (Wildman–Crippen LogP) is 2.53. The van der Waals surface area contributed by atoms with Crippen molar-refractivity contribution in [2.24, 2.45) is 0 Å². The summed E-state index contributed by atoms with van der Waals surface area (Å²) in [4.78, 5) is 24.8. The van der Waals surface area contributed by atoms with E-state index >= 15 is 0 Å². The van der Waals surface area contributed by atoms with E-state index in [0.29, 0.717) is 13.1 Å². The molecule has 130 valence electrons. The smallest absolute Gasteiger partial charge is 0.335 e. The third-order valence-corrected chi connectivity index (χ3v) is 4.28. The lowest BCUT2D eigenvalue weighted by Crippen LogP contribution is -2.31. The first-order chi connectivity index (χ1) is 12.1. The van der Waals surface area contributed by atoms with E-state index in [1.54, 1.807) is 29.2 Å². The van der Waals surface area contributed by atoms with Crippen LogP contribution >= 0.6 is 0 Å². The molecule has 0 aliphatic carbocycles. The Morgan fingerprint density at radius 2 is 1.96 bits per heavy atom. The summed E-state index contributed by atoms with van der Waals surface area (Å²) in [6.45, 7) is 1.32. The minimum Gasteiger partial charge on any atom is -0.478 e. The number of fused-ring (bicyclic) bond motifs is 1. The highest BCUT2D eigenvalue weighted by Gasteiger charge is 2.26. The second-order valence-electron chi connectivity index (χ2n) is 5.89. The number of hydrogen-bond donors (Lipinski definition) is 2. The van der Waals surface area contributed by atoms with Gasteiger partial charge in [0, 0.05) is 37.1 Å². The van der Waals surface area contributed by atoms with Crippen molar-refractivity contribution in [1.29, 1.82) is 0 Å². The second-order valence-corrected chi connectivity index (χ2v) is 5.89. The molecule has 3 rings (SSSR count). The van der Waals surface area contributed by atoms with Crippen molar-refractivity contribution in [2.75, 3.05) is 30.5 Å². The number of amides is 1. The summed E-state index contributed by atoms with van der Waals surface area (Å²) >= 11 is 0. The quantitative estimate of drug-likeness (QED) is 0.845. The first-order valence-electron chi connectivity index (χ1n) is 8.07. The fraction of sp³-hybridized carbons (Fsp3) is 0.263. The predicted molar refractivity (Wildman–Crippen MR) is 95.1 cm³/mol. The Morgan fingerprint density at radius 1 is 1.20 bits per heavy atom. The molecule has 1 heterocycles. The van der Waals surface area contributed by atoms with Crippen LogP contribution < -0.4 is 10.2 Å². The number of nitrogens with zero attached hydrogens (tertiary/aromatic N) is 1. The van der Waals surface area contributed by atoms with Crippen LogP contribution in [0.15, 0.2) is 42.5 Å². The molecule has 1 amide bonds. The number of ether oxygens (including phenoxy) is 1. The first-order valence-corrected chi connectivity index (χ1v) is 8.07. The summed E-state index contributed by atoms with van der Waals surface area (Å²) in [6.07, 6.45) is 0.798. The van der Waals surface area contributed by atoms with Gasteiger partial charge >= 0.3 is 5.97 Å². The minimum absolute atomic E-state index is 0.0392. The van der Waals surface area contributed by atoms with Crippen LogP contribution in [-0.4, -0.2) is 37.2 Å². The van der Waals surface area contributed by atoms with Crippen LogP contribution in [0, 0.1) is 0 Å². The second kappa shape index (κ2) is 7.36. The van der Waals surface area contributed by atoms with Gasteiger partial charge in [-0.3, -0.25) is 4.79 Å². The number of carboxylic acids is 1. The largest absolute Gasteiger partial charge is 0.478 e. The summed E-state index contributed by atoms with van der Waals surface area (Å²) < 4.78 is 4.94. The Balaban J connectivity index is 1.72. The Hall–Kier alpha value is -2.86. The molecule has 1 aliphatic rings. The lowest BCUT2D eigenvalue weighted by atomic mass is 10.1. The van der Waals surface area contributed by atoms with Crippen molar-refractivity contribution in [3.05, 3.63) is 59.2 Å². The van der Waals surface area contributed by atoms with Crippen LogP contribution in [0.1, 0.15) is 21.5 Å². The lowest BCUT2D eigenvalue weighted by Gasteiger charge is -2.17. The highest BCUT2D eigenvalue weighted by Crippen LogP contribution is 2.34.